The number of hydrogen-bond acceptors (Lipinski definition) is 1. The van der Waals surface area contributed by atoms with Gasteiger partial charge in [0.15, 0.2) is 0 Å². The lowest BCUT2D eigenvalue weighted by Gasteiger charge is -2.20. The number of unbranched alkanes of at least 4 members (excludes halogenated alkanes) is 1. The van der Waals surface area contributed by atoms with Crippen molar-refractivity contribution in [3.05, 3.63) is 34.9 Å². The van der Waals surface area contributed by atoms with Gasteiger partial charge in [0.1, 0.15) is 0 Å². The van der Waals surface area contributed by atoms with Gasteiger partial charge < -0.3 is 4.90 Å². The van der Waals surface area contributed by atoms with Gasteiger partial charge in [-0.15, -0.1) is 0 Å². The minimum absolute atomic E-state index is 1.23. The van der Waals surface area contributed by atoms with Crippen molar-refractivity contribution in [1.29, 1.82) is 0 Å². The van der Waals surface area contributed by atoms with Gasteiger partial charge in [0.2, 0.25) is 0 Å². The second-order valence-electron chi connectivity index (χ2n) is 5.72. The first-order valence-electron chi connectivity index (χ1n) is 7.95. The number of hydrogen-bond donors (Lipinski definition) is 0. The van der Waals surface area contributed by atoms with Crippen LogP contribution in [0.3, 0.4) is 0 Å². The fraction of sp³-hybridized carbons (Fsp3) is 0.667. The highest BCUT2D eigenvalue weighted by Gasteiger charge is 2.02. The van der Waals surface area contributed by atoms with Gasteiger partial charge in [-0.1, -0.05) is 32.0 Å². The Morgan fingerprint density at radius 1 is 0.842 bits per heavy atom. The van der Waals surface area contributed by atoms with Gasteiger partial charge in [0.05, 0.1) is 0 Å². The zero-order valence-corrected chi connectivity index (χ0v) is 13.3. The van der Waals surface area contributed by atoms with Gasteiger partial charge >= 0.3 is 0 Å². The van der Waals surface area contributed by atoms with E-state index in [1.807, 2.05) is 0 Å². The van der Waals surface area contributed by atoms with Crippen LogP contribution in [0.15, 0.2) is 18.2 Å². The molecule has 0 N–H and O–H groups in total. The van der Waals surface area contributed by atoms with Crippen molar-refractivity contribution in [2.45, 2.75) is 59.8 Å². The molecule has 0 unspecified atom stereocenters. The average molecular weight is 261 g/mol. The lowest BCUT2D eigenvalue weighted by atomic mass is 10.0. The summed E-state index contributed by atoms with van der Waals surface area (Å²) in [6.45, 7) is 12.7. The van der Waals surface area contributed by atoms with Gasteiger partial charge in [-0.3, -0.25) is 0 Å². The monoisotopic (exact) mass is 261 g/mol. The summed E-state index contributed by atoms with van der Waals surface area (Å²) in [6, 6.07) is 6.90. The quantitative estimate of drug-likeness (QED) is 0.580. The maximum Gasteiger partial charge on any atom is -0.00186 e. The molecule has 0 atom stereocenters. The highest BCUT2D eigenvalue weighted by molar-refractivity contribution is 5.29. The van der Waals surface area contributed by atoms with Gasteiger partial charge in [0.25, 0.3) is 0 Å². The third-order valence-corrected chi connectivity index (χ3v) is 3.84. The number of aryl methyl sites for hydroxylation is 3. The van der Waals surface area contributed by atoms with Crippen LogP contribution in [-0.4, -0.2) is 24.5 Å². The molecule has 0 bridgehead atoms. The molecule has 0 heterocycles. The Morgan fingerprint density at radius 3 is 2.11 bits per heavy atom. The first-order chi connectivity index (χ1) is 9.17. The summed E-state index contributed by atoms with van der Waals surface area (Å²) >= 11 is 0. The smallest absolute Gasteiger partial charge is 0.00186 e. The van der Waals surface area contributed by atoms with E-state index in [-0.39, 0.29) is 0 Å². The van der Waals surface area contributed by atoms with E-state index in [1.54, 1.807) is 0 Å². The molecule has 19 heavy (non-hydrogen) atoms. The molecule has 108 valence electrons. The molecule has 0 saturated heterocycles. The van der Waals surface area contributed by atoms with Crippen LogP contribution in [0.4, 0.5) is 0 Å². The normalized spacial score (nSPS) is 11.2. The molecule has 1 nitrogen and oxygen atoms in total. The summed E-state index contributed by atoms with van der Waals surface area (Å²) in [7, 11) is 0. The third-order valence-electron chi connectivity index (χ3n) is 3.84. The maximum atomic E-state index is 2.61. The van der Waals surface area contributed by atoms with Crippen LogP contribution in [0.5, 0.6) is 0 Å². The molecule has 0 radical (unpaired) electrons. The number of benzene rings is 1. The van der Waals surface area contributed by atoms with Crippen LogP contribution in [0, 0.1) is 13.8 Å². The minimum atomic E-state index is 1.23. The van der Waals surface area contributed by atoms with E-state index in [2.05, 4.69) is 50.8 Å². The molecule has 0 amide bonds. The van der Waals surface area contributed by atoms with Crippen LogP contribution in [0.2, 0.25) is 0 Å². The van der Waals surface area contributed by atoms with Crippen molar-refractivity contribution in [2.75, 3.05) is 19.6 Å². The molecule has 0 aromatic heterocycles. The van der Waals surface area contributed by atoms with Crippen molar-refractivity contribution < 1.29 is 0 Å². The number of nitrogens with zero attached hydrogens (tertiary/aromatic N) is 1. The Hall–Kier alpha value is -0.820. The molecular weight excluding hydrogens is 230 g/mol. The molecule has 0 aliphatic heterocycles. The van der Waals surface area contributed by atoms with Gasteiger partial charge in [-0.05, 0) is 82.3 Å². The van der Waals surface area contributed by atoms with Crippen LogP contribution < -0.4 is 0 Å². The molecule has 1 heteroatoms. The van der Waals surface area contributed by atoms with E-state index >= 15 is 0 Å². The highest BCUT2D eigenvalue weighted by atomic mass is 15.1. The summed E-state index contributed by atoms with van der Waals surface area (Å²) < 4.78 is 0. The van der Waals surface area contributed by atoms with Crippen molar-refractivity contribution in [3.63, 3.8) is 0 Å². The van der Waals surface area contributed by atoms with Crippen molar-refractivity contribution in [3.8, 4) is 0 Å². The summed E-state index contributed by atoms with van der Waals surface area (Å²) in [5.41, 5.74) is 4.33. The van der Waals surface area contributed by atoms with Gasteiger partial charge in [0, 0.05) is 0 Å². The van der Waals surface area contributed by atoms with Crippen LogP contribution in [0.25, 0.3) is 0 Å². The molecule has 0 spiro atoms. The lowest BCUT2D eigenvalue weighted by Crippen LogP contribution is -2.26. The minimum Gasteiger partial charge on any atom is -0.303 e. The number of rotatable bonds is 9. The van der Waals surface area contributed by atoms with Crippen molar-refractivity contribution >= 4 is 0 Å². The predicted octanol–water partition coefficient (Wildman–Crippen LogP) is 4.75. The largest absolute Gasteiger partial charge is 0.303 e. The molecule has 1 aromatic carbocycles. The topological polar surface area (TPSA) is 3.24 Å². The molecule has 0 saturated carbocycles. The van der Waals surface area contributed by atoms with Crippen LogP contribution >= 0.6 is 0 Å². The Morgan fingerprint density at radius 2 is 1.53 bits per heavy atom. The molecule has 0 fully saturated rings. The van der Waals surface area contributed by atoms with E-state index in [0.717, 1.165) is 0 Å². The molecule has 0 aliphatic carbocycles. The van der Waals surface area contributed by atoms with E-state index in [9.17, 15) is 0 Å². The zero-order valence-electron chi connectivity index (χ0n) is 13.3. The molecule has 1 aromatic rings. The van der Waals surface area contributed by atoms with Crippen molar-refractivity contribution in [2.24, 2.45) is 0 Å². The van der Waals surface area contributed by atoms with E-state index in [1.165, 1.54) is 68.4 Å². The zero-order chi connectivity index (χ0) is 14.1. The molecular formula is C18H31N. The SMILES string of the molecule is CCCN(CCC)CCCCc1ccc(C)c(C)c1. The standard InChI is InChI=1S/C18H31N/c1-5-12-19(13-6-2)14-8-7-9-18-11-10-16(3)17(4)15-18/h10-11,15H,5-9,12-14H2,1-4H3. The second-order valence-corrected chi connectivity index (χ2v) is 5.72. The van der Waals surface area contributed by atoms with E-state index in [0.29, 0.717) is 0 Å². The maximum absolute atomic E-state index is 2.61. The Labute approximate surface area is 120 Å². The first-order valence-corrected chi connectivity index (χ1v) is 7.95. The Kier molecular flexibility index (Phi) is 7.81. The summed E-state index contributed by atoms with van der Waals surface area (Å²) in [5.74, 6) is 0. The highest BCUT2D eigenvalue weighted by Crippen LogP contribution is 2.12. The van der Waals surface area contributed by atoms with Gasteiger partial charge in [-0.25, -0.2) is 0 Å². The summed E-state index contributed by atoms with van der Waals surface area (Å²) in [5, 5.41) is 0. The summed E-state index contributed by atoms with van der Waals surface area (Å²) in [6.07, 6.45) is 6.42. The average Bonchev–Trinajstić information content (AvgIpc) is 2.39. The fourth-order valence-corrected chi connectivity index (χ4v) is 2.59. The van der Waals surface area contributed by atoms with Crippen LogP contribution in [0.1, 0.15) is 56.2 Å². The van der Waals surface area contributed by atoms with Crippen LogP contribution in [-0.2, 0) is 6.42 Å². The lowest BCUT2D eigenvalue weighted by molar-refractivity contribution is 0.269. The second kappa shape index (κ2) is 9.14. The van der Waals surface area contributed by atoms with E-state index in [4.69, 9.17) is 0 Å². The Bertz CT molecular complexity index is 351. The first kappa shape index (κ1) is 16.2. The molecule has 1 rings (SSSR count). The van der Waals surface area contributed by atoms with Gasteiger partial charge in [-0.2, -0.15) is 0 Å². The van der Waals surface area contributed by atoms with E-state index < -0.39 is 0 Å². The Balaban J connectivity index is 2.27. The third kappa shape index (κ3) is 6.24. The molecule has 0 aliphatic rings. The fourth-order valence-electron chi connectivity index (χ4n) is 2.59. The van der Waals surface area contributed by atoms with Crippen molar-refractivity contribution in [1.82, 2.24) is 4.90 Å². The predicted molar refractivity (Wildman–Crippen MR) is 85.9 cm³/mol. The summed E-state index contributed by atoms with van der Waals surface area (Å²) in [4.78, 5) is 2.61.